The molecule has 1 aliphatic rings. The molecule has 0 bridgehead atoms. The summed E-state index contributed by atoms with van der Waals surface area (Å²) in [5.41, 5.74) is 2.55. The fourth-order valence-corrected chi connectivity index (χ4v) is 3.59. The minimum absolute atomic E-state index is 0.341. The number of benzene rings is 1. The van der Waals surface area contributed by atoms with E-state index >= 15 is 0 Å². The summed E-state index contributed by atoms with van der Waals surface area (Å²) in [6.45, 7) is 0. The van der Waals surface area contributed by atoms with Gasteiger partial charge in [0.1, 0.15) is 0 Å². The third kappa shape index (κ3) is 2.98. The molecule has 1 aliphatic heterocycles. The van der Waals surface area contributed by atoms with Crippen LogP contribution in [0.25, 0.3) is 6.08 Å². The molecular formula is C14H16BrNS2. The van der Waals surface area contributed by atoms with Crippen molar-refractivity contribution in [3.8, 4) is 0 Å². The van der Waals surface area contributed by atoms with E-state index in [4.69, 9.17) is 0 Å². The van der Waals surface area contributed by atoms with Crippen LogP contribution in [0, 0.1) is 0 Å². The van der Waals surface area contributed by atoms with Crippen molar-refractivity contribution in [3.63, 3.8) is 0 Å². The number of likely N-dealkylation sites (N-methyl/N-ethyl adjacent to an activating group) is 1. The Kier molecular flexibility index (Phi) is 4.87. The molecule has 0 saturated carbocycles. The van der Waals surface area contributed by atoms with Crippen LogP contribution in [0.5, 0.6) is 0 Å². The first kappa shape index (κ1) is 14.1. The van der Waals surface area contributed by atoms with Crippen LogP contribution in [0.1, 0.15) is 5.56 Å². The number of rotatable bonds is 3. The van der Waals surface area contributed by atoms with Gasteiger partial charge in [-0.05, 0) is 42.4 Å². The lowest BCUT2D eigenvalue weighted by atomic mass is 10.0. The fourth-order valence-electron chi connectivity index (χ4n) is 2.00. The van der Waals surface area contributed by atoms with E-state index in [9.17, 15) is 0 Å². The van der Waals surface area contributed by atoms with Crippen molar-refractivity contribution in [1.82, 2.24) is 0 Å². The van der Waals surface area contributed by atoms with Gasteiger partial charge in [-0.2, -0.15) is 0 Å². The molecule has 0 aliphatic carbocycles. The summed E-state index contributed by atoms with van der Waals surface area (Å²) < 4.78 is 2.49. The Labute approximate surface area is 126 Å². The Morgan fingerprint density at radius 1 is 1.33 bits per heavy atom. The quantitative estimate of drug-likeness (QED) is 0.773. The van der Waals surface area contributed by atoms with Crippen molar-refractivity contribution in [3.05, 3.63) is 44.6 Å². The molecule has 0 radical (unpaired) electrons. The average molecular weight is 342 g/mol. The summed E-state index contributed by atoms with van der Waals surface area (Å²) in [5.74, 6) is 0. The van der Waals surface area contributed by atoms with Gasteiger partial charge >= 0.3 is 0 Å². The zero-order valence-electron chi connectivity index (χ0n) is 10.7. The number of fused-ring (bicyclic) bond motifs is 1. The summed E-state index contributed by atoms with van der Waals surface area (Å²) in [4.78, 5) is 2.31. The number of anilines is 1. The predicted molar refractivity (Wildman–Crippen MR) is 90.5 cm³/mol. The van der Waals surface area contributed by atoms with Crippen LogP contribution in [0.3, 0.4) is 0 Å². The van der Waals surface area contributed by atoms with Gasteiger partial charge in [0.15, 0.2) is 0 Å². The Hall–Kier alpha value is -0.320. The predicted octanol–water partition coefficient (Wildman–Crippen LogP) is 4.85. The second kappa shape index (κ2) is 6.22. The van der Waals surface area contributed by atoms with Crippen LogP contribution >= 0.6 is 39.5 Å². The number of hydrogen-bond donors (Lipinski definition) is 0. The molecule has 0 N–H and O–H groups in total. The van der Waals surface area contributed by atoms with Crippen molar-refractivity contribution in [1.29, 1.82) is 0 Å². The van der Waals surface area contributed by atoms with Gasteiger partial charge in [0.2, 0.25) is 0 Å². The van der Waals surface area contributed by atoms with Crippen LogP contribution in [-0.2, 0) is 0 Å². The SMILES string of the molecule is CSC(=CC1C=Cc2cc(Br)ccc2N1C)SC. The molecule has 0 fully saturated rings. The summed E-state index contributed by atoms with van der Waals surface area (Å²) in [5, 5.41) is 0. The second-order valence-electron chi connectivity index (χ2n) is 4.06. The summed E-state index contributed by atoms with van der Waals surface area (Å²) in [6, 6.07) is 6.77. The molecule has 0 aromatic heterocycles. The monoisotopic (exact) mass is 341 g/mol. The van der Waals surface area contributed by atoms with Gasteiger partial charge in [-0.15, -0.1) is 23.5 Å². The minimum atomic E-state index is 0.341. The molecule has 1 atom stereocenters. The zero-order chi connectivity index (χ0) is 13.1. The van der Waals surface area contributed by atoms with Crippen molar-refractivity contribution in [2.24, 2.45) is 0 Å². The highest BCUT2D eigenvalue weighted by molar-refractivity contribution is 9.10. The molecule has 2 rings (SSSR count). The first-order valence-electron chi connectivity index (χ1n) is 5.66. The Morgan fingerprint density at radius 2 is 2.06 bits per heavy atom. The molecule has 96 valence electrons. The standard InChI is InChI=1S/C14H16BrNS2/c1-16-12(9-14(17-2)18-3)6-4-10-8-11(15)5-7-13(10)16/h4-9,12H,1-3H3. The first-order chi connectivity index (χ1) is 8.65. The second-order valence-corrected chi connectivity index (χ2v) is 6.93. The maximum atomic E-state index is 3.52. The van der Waals surface area contributed by atoms with E-state index in [1.807, 2.05) is 0 Å². The largest absolute Gasteiger partial charge is 0.364 e. The van der Waals surface area contributed by atoms with E-state index < -0.39 is 0 Å². The molecule has 0 amide bonds. The lowest BCUT2D eigenvalue weighted by molar-refractivity contribution is 0.886. The molecule has 1 aromatic rings. The van der Waals surface area contributed by atoms with Crippen LogP contribution in [0.15, 0.2) is 39.1 Å². The summed E-state index contributed by atoms with van der Waals surface area (Å²) >= 11 is 7.13. The maximum Gasteiger partial charge on any atom is 0.0676 e. The van der Waals surface area contributed by atoms with Gasteiger partial charge in [0.05, 0.1) is 6.04 Å². The normalized spacial score (nSPS) is 17.6. The van der Waals surface area contributed by atoms with E-state index in [1.165, 1.54) is 15.5 Å². The number of thioether (sulfide) groups is 2. The highest BCUT2D eigenvalue weighted by Crippen LogP contribution is 2.32. The van der Waals surface area contributed by atoms with Gasteiger partial charge in [-0.25, -0.2) is 0 Å². The summed E-state index contributed by atoms with van der Waals surface area (Å²) in [7, 11) is 2.15. The van der Waals surface area contributed by atoms with E-state index in [2.05, 4.69) is 76.8 Å². The summed E-state index contributed by atoms with van der Waals surface area (Å²) in [6.07, 6.45) is 11.0. The van der Waals surface area contributed by atoms with Gasteiger partial charge in [0.25, 0.3) is 0 Å². The van der Waals surface area contributed by atoms with Gasteiger partial charge in [0, 0.05) is 21.4 Å². The van der Waals surface area contributed by atoms with E-state index in [-0.39, 0.29) is 0 Å². The molecule has 18 heavy (non-hydrogen) atoms. The Morgan fingerprint density at radius 3 is 2.72 bits per heavy atom. The Balaban J connectivity index is 2.31. The van der Waals surface area contributed by atoms with Gasteiger partial charge < -0.3 is 4.90 Å². The molecule has 0 saturated heterocycles. The highest BCUT2D eigenvalue weighted by Gasteiger charge is 2.17. The van der Waals surface area contributed by atoms with Crippen molar-refractivity contribution in [2.45, 2.75) is 6.04 Å². The van der Waals surface area contributed by atoms with E-state index in [0.717, 1.165) is 4.47 Å². The van der Waals surface area contributed by atoms with Crippen molar-refractivity contribution < 1.29 is 0 Å². The molecular weight excluding hydrogens is 326 g/mol. The van der Waals surface area contributed by atoms with Crippen LogP contribution in [-0.4, -0.2) is 25.6 Å². The highest BCUT2D eigenvalue weighted by atomic mass is 79.9. The zero-order valence-corrected chi connectivity index (χ0v) is 13.9. The van der Waals surface area contributed by atoms with E-state index in [1.54, 1.807) is 23.5 Å². The van der Waals surface area contributed by atoms with Crippen LogP contribution in [0.4, 0.5) is 5.69 Å². The maximum absolute atomic E-state index is 3.52. The first-order valence-corrected chi connectivity index (χ1v) is 8.90. The van der Waals surface area contributed by atoms with Gasteiger partial charge in [-0.3, -0.25) is 0 Å². The third-order valence-electron chi connectivity index (χ3n) is 3.00. The smallest absolute Gasteiger partial charge is 0.0676 e. The molecule has 0 spiro atoms. The van der Waals surface area contributed by atoms with Crippen molar-refractivity contribution in [2.75, 3.05) is 24.5 Å². The molecule has 1 heterocycles. The Bertz CT molecular complexity index is 491. The molecule has 4 heteroatoms. The lowest BCUT2D eigenvalue weighted by Crippen LogP contribution is -2.30. The number of nitrogens with zero attached hydrogens (tertiary/aromatic N) is 1. The lowest BCUT2D eigenvalue weighted by Gasteiger charge is -2.31. The fraction of sp³-hybridized carbons (Fsp3) is 0.286. The molecule has 1 aromatic carbocycles. The number of halogens is 1. The molecule has 1 nitrogen and oxygen atoms in total. The number of hydrogen-bond acceptors (Lipinski definition) is 3. The minimum Gasteiger partial charge on any atom is -0.364 e. The molecule has 1 unspecified atom stereocenters. The van der Waals surface area contributed by atoms with Crippen LogP contribution in [0.2, 0.25) is 0 Å². The van der Waals surface area contributed by atoms with Crippen LogP contribution < -0.4 is 4.90 Å². The third-order valence-corrected chi connectivity index (χ3v) is 5.57. The van der Waals surface area contributed by atoms with E-state index in [0.29, 0.717) is 6.04 Å². The van der Waals surface area contributed by atoms with Crippen molar-refractivity contribution >= 4 is 51.2 Å². The average Bonchev–Trinajstić information content (AvgIpc) is 2.38. The topological polar surface area (TPSA) is 3.24 Å². The van der Waals surface area contributed by atoms with Gasteiger partial charge in [-0.1, -0.05) is 28.1 Å².